The van der Waals surface area contributed by atoms with Crippen LogP contribution in [-0.2, 0) is 13.9 Å². The Morgan fingerprint density at radius 1 is 1.16 bits per heavy atom. The van der Waals surface area contributed by atoms with Crippen molar-refractivity contribution in [2.24, 2.45) is 5.92 Å². The number of halogens is 2. The summed E-state index contributed by atoms with van der Waals surface area (Å²) in [5, 5.41) is 12.1. The molecule has 4 atom stereocenters. The first kappa shape index (κ1) is 30.1. The number of nitrogens with zero attached hydrogens (tertiary/aromatic N) is 5. The van der Waals surface area contributed by atoms with Gasteiger partial charge in [0.2, 0.25) is 5.95 Å². The Hall–Kier alpha value is -3.96. The zero-order chi connectivity index (χ0) is 31.0. The molecule has 2 aromatic heterocycles. The number of aromatic nitrogens is 4. The summed E-state index contributed by atoms with van der Waals surface area (Å²) in [5.74, 6) is -1.07. The number of carboxylic acids is 1. The van der Waals surface area contributed by atoms with Crippen molar-refractivity contribution in [3.05, 3.63) is 94.8 Å². The molecule has 6 rings (SSSR count). The number of carbonyl (C=O) groups is 1. The molecule has 0 saturated carbocycles. The molecule has 0 aliphatic heterocycles. The van der Waals surface area contributed by atoms with Crippen LogP contribution in [0.3, 0.4) is 0 Å². The third-order valence-electron chi connectivity index (χ3n) is 7.38. The van der Waals surface area contributed by atoms with Crippen molar-refractivity contribution in [1.82, 2.24) is 19.5 Å². The molecule has 0 bridgehead atoms. The number of nitrogens with two attached hydrogens (primary N) is 1. The van der Waals surface area contributed by atoms with Crippen LogP contribution in [0.5, 0.6) is 5.75 Å². The van der Waals surface area contributed by atoms with E-state index in [0.29, 0.717) is 23.3 Å². The number of nitrogen functional groups attached to an aromatic ring is 1. The van der Waals surface area contributed by atoms with Crippen LogP contribution >= 0.6 is 35.3 Å². The van der Waals surface area contributed by atoms with Gasteiger partial charge in [-0.2, -0.15) is 9.97 Å². The van der Waals surface area contributed by atoms with Gasteiger partial charge in [-0.05, 0) is 60.5 Å². The minimum absolute atomic E-state index is 0.0122. The summed E-state index contributed by atoms with van der Waals surface area (Å²) < 4.78 is 31.0. The summed E-state index contributed by atoms with van der Waals surface area (Å²) in [6, 6.07) is 18.3. The second-order valence-electron chi connectivity index (χ2n) is 10.3. The SMILES string of the molecule is CC(C(=O)O)N(c1ccc2ccccc2c1)P(=O)(OC[C@@H]1C=C[C@H](n2cnc3c(Cl)nc(N)nc32)C1)Oc1ccc(Br)cc1. The molecular weight excluding hydrogens is 671 g/mol. The highest BCUT2D eigenvalue weighted by Gasteiger charge is 2.43. The van der Waals surface area contributed by atoms with E-state index < -0.39 is 19.8 Å². The summed E-state index contributed by atoms with van der Waals surface area (Å²) in [5.41, 5.74) is 7.15. The molecule has 5 aromatic rings. The first-order valence-corrected chi connectivity index (χ1v) is 16.3. The van der Waals surface area contributed by atoms with E-state index >= 15 is 0 Å². The van der Waals surface area contributed by atoms with Crippen LogP contribution in [0.4, 0.5) is 11.6 Å². The van der Waals surface area contributed by atoms with Gasteiger partial charge >= 0.3 is 13.7 Å². The maximum absolute atomic E-state index is 14.9. The molecule has 2 heterocycles. The number of carboxylic acid groups (broad SMARTS) is 1. The van der Waals surface area contributed by atoms with Crippen molar-refractivity contribution in [1.29, 1.82) is 0 Å². The number of allylic oxidation sites excluding steroid dienone is 1. The minimum Gasteiger partial charge on any atom is -0.480 e. The fourth-order valence-electron chi connectivity index (χ4n) is 5.18. The van der Waals surface area contributed by atoms with E-state index in [1.807, 2.05) is 47.1 Å². The number of aliphatic carboxylic acids is 1. The van der Waals surface area contributed by atoms with Crippen molar-refractivity contribution < 1.29 is 23.5 Å². The molecule has 44 heavy (non-hydrogen) atoms. The first-order chi connectivity index (χ1) is 21.1. The van der Waals surface area contributed by atoms with Crippen molar-refractivity contribution >= 4 is 74.8 Å². The lowest BCUT2D eigenvalue weighted by molar-refractivity contribution is -0.138. The maximum atomic E-state index is 14.9. The number of fused-ring (bicyclic) bond motifs is 2. The first-order valence-electron chi connectivity index (χ1n) is 13.7. The topological polar surface area (TPSA) is 146 Å². The third-order valence-corrected chi connectivity index (χ3v) is 10.2. The molecule has 1 aliphatic carbocycles. The molecule has 3 aromatic carbocycles. The largest absolute Gasteiger partial charge is 0.489 e. The van der Waals surface area contributed by atoms with Crippen LogP contribution in [0, 0.1) is 5.92 Å². The normalized spacial score (nSPS) is 18.3. The summed E-state index contributed by atoms with van der Waals surface area (Å²) >= 11 is 9.60. The molecule has 0 fully saturated rings. The van der Waals surface area contributed by atoms with Crippen LogP contribution < -0.4 is 14.9 Å². The Morgan fingerprint density at radius 3 is 2.66 bits per heavy atom. The van der Waals surface area contributed by atoms with Crippen molar-refractivity contribution in [3.63, 3.8) is 0 Å². The van der Waals surface area contributed by atoms with Crippen LogP contribution in [0.1, 0.15) is 19.4 Å². The average molecular weight is 698 g/mol. The Bertz CT molecular complexity index is 1940. The fraction of sp³-hybridized carbons (Fsp3) is 0.200. The monoisotopic (exact) mass is 696 g/mol. The van der Waals surface area contributed by atoms with E-state index in [1.54, 1.807) is 42.7 Å². The quantitative estimate of drug-likeness (QED) is 0.0868. The van der Waals surface area contributed by atoms with Crippen LogP contribution in [-0.4, -0.2) is 43.2 Å². The molecule has 0 radical (unpaired) electrons. The van der Waals surface area contributed by atoms with E-state index in [1.165, 1.54) is 11.6 Å². The molecule has 3 N–H and O–H groups in total. The van der Waals surface area contributed by atoms with Gasteiger partial charge in [0.1, 0.15) is 17.3 Å². The number of hydrogen-bond acceptors (Lipinski definition) is 8. The van der Waals surface area contributed by atoms with Gasteiger partial charge in [-0.1, -0.05) is 70.0 Å². The highest BCUT2D eigenvalue weighted by molar-refractivity contribution is 9.10. The zero-order valence-corrected chi connectivity index (χ0v) is 26.6. The van der Waals surface area contributed by atoms with Gasteiger partial charge in [0, 0.05) is 16.1 Å². The minimum atomic E-state index is -4.33. The number of benzene rings is 3. The Labute approximate surface area is 266 Å². The highest BCUT2D eigenvalue weighted by atomic mass is 79.9. The van der Waals surface area contributed by atoms with Crippen LogP contribution in [0.2, 0.25) is 5.15 Å². The lowest BCUT2D eigenvalue weighted by atomic mass is 10.1. The van der Waals surface area contributed by atoms with Gasteiger partial charge in [-0.15, -0.1) is 0 Å². The second kappa shape index (κ2) is 12.2. The molecular formula is C30H27BrClN6O5P. The summed E-state index contributed by atoms with van der Waals surface area (Å²) in [6.07, 6.45) is 6.12. The van der Waals surface area contributed by atoms with Crippen molar-refractivity contribution in [2.75, 3.05) is 17.0 Å². The number of imidazole rings is 1. The Balaban J connectivity index is 1.31. The van der Waals surface area contributed by atoms with Gasteiger partial charge < -0.3 is 19.9 Å². The van der Waals surface area contributed by atoms with Crippen molar-refractivity contribution in [3.8, 4) is 5.75 Å². The molecule has 2 unspecified atom stereocenters. The van der Waals surface area contributed by atoms with E-state index in [-0.39, 0.29) is 35.4 Å². The predicted octanol–water partition coefficient (Wildman–Crippen LogP) is 7.28. The summed E-state index contributed by atoms with van der Waals surface area (Å²) in [6.45, 7) is 1.44. The standard InChI is InChI=1S/C30H27BrClN6O5P/c1-18(29(39)40)38(24-11-7-20-4-2-3-5-21(20)15-24)44(41,43-25-12-8-22(31)9-13-25)42-16-19-6-10-23(14-19)37-17-34-26-27(32)35-30(33)36-28(26)37/h2-13,15,17-19,23H,14,16H2,1H3,(H,39,40)(H2,33,35,36)/t18?,19-,23+,44?/m1/s1. The zero-order valence-electron chi connectivity index (χ0n) is 23.3. The van der Waals surface area contributed by atoms with Gasteiger partial charge in [0.15, 0.2) is 10.8 Å². The number of hydrogen-bond donors (Lipinski definition) is 2. The lowest BCUT2D eigenvalue weighted by Crippen LogP contribution is -2.38. The van der Waals surface area contributed by atoms with Crippen LogP contribution in [0.15, 0.2) is 89.7 Å². The van der Waals surface area contributed by atoms with Gasteiger partial charge in [0.25, 0.3) is 0 Å². The van der Waals surface area contributed by atoms with Gasteiger partial charge in [-0.3, -0.25) is 9.19 Å². The van der Waals surface area contributed by atoms with Crippen molar-refractivity contribution in [2.45, 2.75) is 25.4 Å². The highest BCUT2D eigenvalue weighted by Crippen LogP contribution is 2.56. The third kappa shape index (κ3) is 6.03. The molecule has 1 aliphatic rings. The fourth-order valence-corrected chi connectivity index (χ4v) is 7.62. The van der Waals surface area contributed by atoms with Gasteiger partial charge in [-0.25, -0.2) is 14.3 Å². The lowest BCUT2D eigenvalue weighted by Gasteiger charge is -2.35. The van der Waals surface area contributed by atoms with E-state index in [9.17, 15) is 14.5 Å². The molecule has 0 saturated heterocycles. The molecule has 226 valence electrons. The second-order valence-corrected chi connectivity index (χ2v) is 13.4. The van der Waals surface area contributed by atoms with E-state index in [0.717, 1.165) is 15.2 Å². The van der Waals surface area contributed by atoms with E-state index in [2.05, 4.69) is 30.9 Å². The number of anilines is 2. The Morgan fingerprint density at radius 2 is 1.91 bits per heavy atom. The number of rotatable bonds is 10. The Kier molecular flexibility index (Phi) is 8.34. The average Bonchev–Trinajstić information content (AvgIpc) is 3.64. The summed E-state index contributed by atoms with van der Waals surface area (Å²) in [7, 11) is -4.33. The van der Waals surface area contributed by atoms with Gasteiger partial charge in [0.05, 0.1) is 19.0 Å². The van der Waals surface area contributed by atoms with Crippen LogP contribution in [0.25, 0.3) is 21.9 Å². The smallest absolute Gasteiger partial charge is 0.480 e. The van der Waals surface area contributed by atoms with E-state index in [4.69, 9.17) is 26.4 Å². The predicted molar refractivity (Wildman–Crippen MR) is 173 cm³/mol. The maximum Gasteiger partial charge on any atom is 0.489 e. The molecule has 0 amide bonds. The molecule has 0 spiro atoms. The summed E-state index contributed by atoms with van der Waals surface area (Å²) in [4.78, 5) is 25.0. The molecule has 11 nitrogen and oxygen atoms in total. The molecule has 14 heteroatoms.